The van der Waals surface area contributed by atoms with Crippen molar-refractivity contribution in [2.75, 3.05) is 18.4 Å². The number of hydrogen-bond donors (Lipinski definition) is 1. The lowest BCUT2D eigenvalue weighted by Crippen LogP contribution is -2.44. The summed E-state index contributed by atoms with van der Waals surface area (Å²) in [6.45, 7) is 11.6. The lowest BCUT2D eigenvalue weighted by molar-refractivity contribution is 0.0217. The molecule has 12 heteroatoms. The van der Waals surface area contributed by atoms with Crippen molar-refractivity contribution in [3.63, 3.8) is 0 Å². The van der Waals surface area contributed by atoms with Crippen molar-refractivity contribution in [1.29, 1.82) is 0 Å². The molecule has 1 aliphatic heterocycles. The topological polar surface area (TPSA) is 123 Å². The van der Waals surface area contributed by atoms with Gasteiger partial charge in [0.15, 0.2) is 9.84 Å². The van der Waals surface area contributed by atoms with Crippen LogP contribution >= 0.6 is 11.6 Å². The van der Waals surface area contributed by atoms with E-state index in [9.17, 15) is 18.0 Å². The van der Waals surface area contributed by atoms with Gasteiger partial charge in [-0.15, -0.1) is 0 Å². The molecule has 2 aromatic heterocycles. The number of nitrogens with one attached hydrogen (secondary N) is 1. The number of rotatable bonds is 5. The van der Waals surface area contributed by atoms with E-state index in [4.69, 9.17) is 16.3 Å². The van der Waals surface area contributed by atoms with Gasteiger partial charge in [-0.05, 0) is 84.2 Å². The molecule has 39 heavy (non-hydrogen) atoms. The largest absolute Gasteiger partial charge is 0.444 e. The maximum Gasteiger partial charge on any atom is 0.410 e. The molecular formula is C27H34ClN5O5S. The first-order chi connectivity index (χ1) is 18.2. The fourth-order valence-corrected chi connectivity index (χ4v) is 6.59. The molecule has 1 aliphatic rings. The van der Waals surface area contributed by atoms with Crippen LogP contribution < -0.4 is 10.9 Å². The first kappa shape index (κ1) is 28.8. The average molecular weight is 576 g/mol. The van der Waals surface area contributed by atoms with Crippen molar-refractivity contribution in [1.82, 2.24) is 19.4 Å². The van der Waals surface area contributed by atoms with Crippen LogP contribution in [0.5, 0.6) is 0 Å². The third kappa shape index (κ3) is 6.19. The molecule has 1 saturated heterocycles. The minimum Gasteiger partial charge on any atom is -0.444 e. The molecule has 3 aromatic rings. The van der Waals surface area contributed by atoms with Crippen molar-refractivity contribution in [2.24, 2.45) is 0 Å². The summed E-state index contributed by atoms with van der Waals surface area (Å²) in [5, 5.41) is 3.29. The number of ether oxygens (including phenoxy) is 1. The smallest absolute Gasteiger partial charge is 0.410 e. The summed E-state index contributed by atoms with van der Waals surface area (Å²) in [7, 11) is -3.60. The zero-order valence-electron chi connectivity index (χ0n) is 23.0. The second kappa shape index (κ2) is 10.8. The summed E-state index contributed by atoms with van der Waals surface area (Å²) >= 11 is 6.10. The number of carbonyl (C=O) groups is 1. The third-order valence-corrected chi connectivity index (χ3v) is 9.08. The lowest BCUT2D eigenvalue weighted by Gasteiger charge is -2.33. The van der Waals surface area contributed by atoms with Crippen LogP contribution in [0.15, 0.2) is 40.2 Å². The minimum absolute atomic E-state index is 0.101. The van der Waals surface area contributed by atoms with E-state index < -0.39 is 26.8 Å². The van der Waals surface area contributed by atoms with Gasteiger partial charge in [0.25, 0.3) is 5.56 Å². The number of sulfone groups is 1. The summed E-state index contributed by atoms with van der Waals surface area (Å²) in [5.74, 6) is 0.270. The number of pyridine rings is 1. The number of amides is 1. The number of nitrogens with zero attached hydrogens (tertiary/aromatic N) is 4. The Morgan fingerprint density at radius 3 is 2.44 bits per heavy atom. The number of anilines is 2. The van der Waals surface area contributed by atoms with Gasteiger partial charge in [-0.2, -0.15) is 4.98 Å². The van der Waals surface area contributed by atoms with E-state index in [-0.39, 0.29) is 27.5 Å². The maximum atomic E-state index is 13.4. The highest BCUT2D eigenvalue weighted by molar-refractivity contribution is 7.92. The van der Waals surface area contributed by atoms with E-state index in [1.165, 1.54) is 4.57 Å². The Kier molecular flexibility index (Phi) is 7.96. The molecule has 210 valence electrons. The Morgan fingerprint density at radius 1 is 1.18 bits per heavy atom. The Bertz CT molecular complexity index is 1570. The van der Waals surface area contributed by atoms with E-state index in [0.29, 0.717) is 48.2 Å². The number of likely N-dealkylation sites (tertiary alicyclic amines) is 1. The molecule has 0 spiro atoms. The number of piperidine rings is 1. The van der Waals surface area contributed by atoms with Crippen LogP contribution in [-0.2, 0) is 14.6 Å². The molecule has 1 fully saturated rings. The molecule has 0 atom stereocenters. The molecule has 0 bridgehead atoms. The zero-order valence-corrected chi connectivity index (χ0v) is 24.6. The third-order valence-electron chi connectivity index (χ3n) is 6.55. The van der Waals surface area contributed by atoms with Crippen LogP contribution in [0.25, 0.3) is 11.0 Å². The summed E-state index contributed by atoms with van der Waals surface area (Å²) in [4.78, 5) is 35.6. The van der Waals surface area contributed by atoms with Crippen molar-refractivity contribution in [3.05, 3.63) is 51.4 Å². The lowest BCUT2D eigenvalue weighted by atomic mass is 10.1. The van der Waals surface area contributed by atoms with Crippen LogP contribution in [0.4, 0.5) is 16.4 Å². The molecule has 0 aliphatic carbocycles. The second-order valence-corrected chi connectivity index (χ2v) is 13.7. The highest BCUT2D eigenvalue weighted by Gasteiger charge is 2.34. The molecule has 1 aromatic carbocycles. The molecular weight excluding hydrogens is 542 g/mol. The normalized spacial score (nSPS) is 15.1. The van der Waals surface area contributed by atoms with Gasteiger partial charge in [-0.25, -0.2) is 18.2 Å². The van der Waals surface area contributed by atoms with Crippen molar-refractivity contribution < 1.29 is 17.9 Å². The SMILES string of the molecule is Cc1cc(S(=O)(=O)C2CCN(C(=O)OC(C)(C)C)CC2)ccc1Nc1ncc2cc(Cl)c(=O)n(C(C)C)c2n1. The van der Waals surface area contributed by atoms with E-state index in [1.807, 2.05) is 13.8 Å². The second-order valence-electron chi connectivity index (χ2n) is 11.0. The Morgan fingerprint density at radius 2 is 1.85 bits per heavy atom. The Balaban J connectivity index is 1.52. The quantitative estimate of drug-likeness (QED) is 0.437. The number of halogens is 1. The van der Waals surface area contributed by atoms with Crippen molar-refractivity contribution in [3.8, 4) is 0 Å². The molecule has 10 nitrogen and oxygen atoms in total. The van der Waals surface area contributed by atoms with Gasteiger partial charge < -0.3 is 15.0 Å². The summed E-state index contributed by atoms with van der Waals surface area (Å²) in [6, 6.07) is 6.26. The molecule has 0 radical (unpaired) electrons. The molecule has 0 saturated carbocycles. The van der Waals surface area contributed by atoms with Gasteiger partial charge in [0.1, 0.15) is 16.3 Å². The monoisotopic (exact) mass is 575 g/mol. The average Bonchev–Trinajstić information content (AvgIpc) is 2.85. The molecule has 3 heterocycles. The first-order valence-corrected chi connectivity index (χ1v) is 14.8. The van der Waals surface area contributed by atoms with Crippen molar-refractivity contribution >= 4 is 50.2 Å². The summed E-state index contributed by atoms with van der Waals surface area (Å²) in [5.41, 5.74) is 0.856. The minimum atomic E-state index is -3.60. The van der Waals surface area contributed by atoms with Gasteiger partial charge in [-0.1, -0.05) is 11.6 Å². The zero-order chi connectivity index (χ0) is 28.7. The maximum absolute atomic E-state index is 13.4. The van der Waals surface area contributed by atoms with Gasteiger partial charge in [0.2, 0.25) is 5.95 Å². The highest BCUT2D eigenvalue weighted by atomic mass is 35.5. The Labute approximate surface area is 233 Å². The number of aryl methyl sites for hydroxylation is 1. The predicted molar refractivity (Wildman–Crippen MR) is 152 cm³/mol. The van der Waals surface area contributed by atoms with Gasteiger partial charge >= 0.3 is 6.09 Å². The molecule has 1 amide bonds. The van der Waals surface area contributed by atoms with Gasteiger partial charge in [0, 0.05) is 36.4 Å². The van der Waals surface area contributed by atoms with Crippen LogP contribution in [0.2, 0.25) is 5.02 Å². The van der Waals surface area contributed by atoms with Crippen molar-refractivity contribution in [2.45, 2.75) is 76.2 Å². The highest BCUT2D eigenvalue weighted by Crippen LogP contribution is 2.29. The van der Waals surface area contributed by atoms with E-state index in [2.05, 4.69) is 15.3 Å². The fraction of sp³-hybridized carbons (Fsp3) is 0.481. The van der Waals surface area contributed by atoms with Crippen LogP contribution in [0.1, 0.15) is 59.1 Å². The van der Waals surface area contributed by atoms with E-state index in [1.54, 1.807) is 63.1 Å². The van der Waals surface area contributed by atoms with E-state index in [0.717, 1.165) is 0 Å². The molecule has 1 N–H and O–H groups in total. The van der Waals surface area contributed by atoms with Crippen LogP contribution in [-0.4, -0.2) is 57.9 Å². The predicted octanol–water partition coefficient (Wildman–Crippen LogP) is 5.25. The number of aromatic nitrogens is 3. The summed E-state index contributed by atoms with van der Waals surface area (Å²) < 4.78 is 33.7. The first-order valence-electron chi connectivity index (χ1n) is 12.8. The molecule has 4 rings (SSSR count). The summed E-state index contributed by atoms with van der Waals surface area (Å²) in [6.07, 6.45) is 1.85. The van der Waals surface area contributed by atoms with Crippen LogP contribution in [0.3, 0.4) is 0 Å². The number of carbonyl (C=O) groups excluding carboxylic acids is 1. The van der Waals surface area contributed by atoms with Gasteiger partial charge in [-0.3, -0.25) is 9.36 Å². The van der Waals surface area contributed by atoms with Gasteiger partial charge in [0.05, 0.1) is 10.1 Å². The number of fused-ring (bicyclic) bond motifs is 1. The number of benzene rings is 1. The fourth-order valence-electron chi connectivity index (χ4n) is 4.57. The number of hydrogen-bond acceptors (Lipinski definition) is 8. The Hall–Kier alpha value is -3.18. The van der Waals surface area contributed by atoms with E-state index >= 15 is 0 Å². The molecule has 0 unspecified atom stereocenters. The van der Waals surface area contributed by atoms with Crippen LogP contribution in [0, 0.1) is 6.92 Å². The standard InChI is InChI=1S/C27H34ClN5O5S/c1-16(2)33-23-18(14-21(28)24(33)34)15-29-25(31-23)30-22-8-7-20(13-17(22)3)39(36,37)19-9-11-32(12-10-19)26(35)38-27(4,5)6/h7-8,13-16,19H,9-12H2,1-6H3,(H,29,30,31).